The second kappa shape index (κ2) is 6.90. The first-order valence-electron chi connectivity index (χ1n) is 6.26. The predicted octanol–water partition coefficient (Wildman–Crippen LogP) is 2.02. The average Bonchev–Trinajstić information content (AvgIpc) is 2.48. The number of anilines is 2. The van der Waals surface area contributed by atoms with Crippen LogP contribution >= 0.6 is 0 Å². The maximum absolute atomic E-state index is 12.0. The molecule has 0 aliphatic rings. The van der Waals surface area contributed by atoms with Gasteiger partial charge in [0, 0.05) is 16.3 Å². The Morgan fingerprint density at radius 2 is 1.76 bits per heavy atom. The summed E-state index contributed by atoms with van der Waals surface area (Å²) >= 11 is 0. The van der Waals surface area contributed by atoms with Crippen molar-refractivity contribution < 1.29 is 13.7 Å². The van der Waals surface area contributed by atoms with E-state index in [-0.39, 0.29) is 11.7 Å². The summed E-state index contributed by atoms with van der Waals surface area (Å²) in [4.78, 5) is 12.4. The molecule has 0 aliphatic carbocycles. The highest BCUT2D eigenvalue weighted by atomic mass is 32.2. The van der Waals surface area contributed by atoms with Crippen molar-refractivity contribution in [1.82, 2.24) is 0 Å². The minimum absolute atomic E-state index is 0.101. The zero-order valence-electron chi connectivity index (χ0n) is 11.5. The van der Waals surface area contributed by atoms with Crippen LogP contribution in [-0.2, 0) is 15.6 Å². The first-order chi connectivity index (χ1) is 10.1. The summed E-state index contributed by atoms with van der Waals surface area (Å²) in [6.45, 7) is 0. The molecule has 0 saturated heterocycles. The summed E-state index contributed by atoms with van der Waals surface area (Å²) in [7, 11) is 0.179. The van der Waals surface area contributed by atoms with Crippen molar-refractivity contribution in [1.29, 1.82) is 0 Å². The number of nitrogens with one attached hydrogen (secondary N) is 1. The number of rotatable bonds is 5. The quantitative estimate of drug-likeness (QED) is 0.828. The zero-order valence-corrected chi connectivity index (χ0v) is 12.4. The largest absolute Gasteiger partial charge is 0.497 e. The molecule has 1 atom stereocenters. The molecule has 21 heavy (non-hydrogen) atoms. The van der Waals surface area contributed by atoms with E-state index in [2.05, 4.69) is 5.32 Å². The van der Waals surface area contributed by atoms with Crippen LogP contribution < -0.4 is 15.8 Å². The molecule has 0 fully saturated rings. The van der Waals surface area contributed by atoms with Crippen LogP contribution in [0.25, 0.3) is 0 Å². The summed E-state index contributed by atoms with van der Waals surface area (Å²) in [5, 5.41) is 2.69. The second-order valence-electron chi connectivity index (χ2n) is 4.34. The topological polar surface area (TPSA) is 81.4 Å². The van der Waals surface area contributed by atoms with E-state index in [9.17, 15) is 9.00 Å². The van der Waals surface area contributed by atoms with E-state index in [1.54, 1.807) is 55.6 Å². The van der Waals surface area contributed by atoms with Gasteiger partial charge in [0.05, 0.1) is 17.9 Å². The monoisotopic (exact) mass is 304 g/mol. The van der Waals surface area contributed by atoms with E-state index >= 15 is 0 Å². The lowest BCUT2D eigenvalue weighted by molar-refractivity contribution is -0.113. The number of carbonyl (C=O) groups is 1. The molecule has 0 radical (unpaired) electrons. The number of nitrogens with two attached hydrogens (primary N) is 1. The summed E-state index contributed by atoms with van der Waals surface area (Å²) in [6.07, 6.45) is 0. The summed E-state index contributed by atoms with van der Waals surface area (Å²) < 4.78 is 17.1. The molecule has 1 amide bonds. The van der Waals surface area contributed by atoms with Gasteiger partial charge in [0.1, 0.15) is 11.5 Å². The van der Waals surface area contributed by atoms with Crippen molar-refractivity contribution in [2.75, 3.05) is 23.9 Å². The molecule has 1 unspecified atom stereocenters. The molecule has 2 aromatic rings. The molecule has 0 aliphatic heterocycles. The standard InChI is InChI=1S/C15H16N2O3S/c1-20-13-6-4-12(5-7-13)17-15(18)10-21(19)14-8-2-11(16)3-9-14/h2-9H,10,16H2,1H3,(H,17,18). The molecule has 0 aromatic heterocycles. The van der Waals surface area contributed by atoms with Crippen molar-refractivity contribution in [3.05, 3.63) is 48.5 Å². The van der Waals surface area contributed by atoms with Crippen LogP contribution in [0.5, 0.6) is 5.75 Å². The number of hydrogen-bond donors (Lipinski definition) is 2. The van der Waals surface area contributed by atoms with Crippen LogP contribution in [0.3, 0.4) is 0 Å². The van der Waals surface area contributed by atoms with Crippen LogP contribution in [0.15, 0.2) is 53.4 Å². The maximum atomic E-state index is 12.0. The molecule has 2 rings (SSSR count). The fourth-order valence-corrected chi connectivity index (χ4v) is 2.61. The number of methoxy groups -OCH3 is 1. The highest BCUT2D eigenvalue weighted by Gasteiger charge is 2.10. The fourth-order valence-electron chi connectivity index (χ4n) is 1.69. The van der Waals surface area contributed by atoms with Gasteiger partial charge in [-0.05, 0) is 48.5 Å². The Hall–Kier alpha value is -2.34. The molecule has 110 valence electrons. The molecular weight excluding hydrogens is 288 g/mol. The Morgan fingerprint density at radius 1 is 1.14 bits per heavy atom. The van der Waals surface area contributed by atoms with E-state index in [0.29, 0.717) is 22.0 Å². The summed E-state index contributed by atoms with van der Waals surface area (Å²) in [5.74, 6) is 0.296. The van der Waals surface area contributed by atoms with Crippen LogP contribution in [0.1, 0.15) is 0 Å². The van der Waals surface area contributed by atoms with Gasteiger partial charge < -0.3 is 15.8 Å². The minimum atomic E-state index is -1.39. The van der Waals surface area contributed by atoms with Gasteiger partial charge in [0.25, 0.3) is 0 Å². The van der Waals surface area contributed by atoms with Gasteiger partial charge in [0.2, 0.25) is 5.91 Å². The molecule has 2 aromatic carbocycles. The van der Waals surface area contributed by atoms with Crippen molar-refractivity contribution in [3.8, 4) is 5.75 Å². The van der Waals surface area contributed by atoms with Gasteiger partial charge in [-0.3, -0.25) is 9.00 Å². The SMILES string of the molecule is COc1ccc(NC(=O)CS(=O)c2ccc(N)cc2)cc1. The first-order valence-corrected chi connectivity index (χ1v) is 7.58. The minimum Gasteiger partial charge on any atom is -0.497 e. The third-order valence-electron chi connectivity index (χ3n) is 2.78. The van der Waals surface area contributed by atoms with E-state index < -0.39 is 10.8 Å². The molecule has 6 heteroatoms. The van der Waals surface area contributed by atoms with Crippen molar-refractivity contribution in [2.45, 2.75) is 4.90 Å². The molecule has 0 saturated carbocycles. The Labute approximate surface area is 125 Å². The smallest absolute Gasteiger partial charge is 0.237 e. The van der Waals surface area contributed by atoms with Gasteiger partial charge in [-0.15, -0.1) is 0 Å². The van der Waals surface area contributed by atoms with Gasteiger partial charge in [-0.25, -0.2) is 0 Å². The number of hydrogen-bond acceptors (Lipinski definition) is 4. The molecule has 0 bridgehead atoms. The molecule has 0 spiro atoms. The summed E-state index contributed by atoms with van der Waals surface area (Å²) in [6, 6.07) is 13.6. The Morgan fingerprint density at radius 3 is 2.33 bits per heavy atom. The first kappa shape index (κ1) is 15.1. The number of nitrogen functional groups attached to an aromatic ring is 1. The lowest BCUT2D eigenvalue weighted by Gasteiger charge is -2.06. The maximum Gasteiger partial charge on any atom is 0.237 e. The van der Waals surface area contributed by atoms with Crippen LogP contribution in [0, 0.1) is 0 Å². The third-order valence-corrected chi connectivity index (χ3v) is 4.10. The number of ether oxygens (including phenoxy) is 1. The molecule has 3 N–H and O–H groups in total. The zero-order chi connectivity index (χ0) is 15.2. The third kappa shape index (κ3) is 4.32. The molecule has 5 nitrogen and oxygen atoms in total. The van der Waals surface area contributed by atoms with Crippen molar-refractivity contribution in [2.24, 2.45) is 0 Å². The average molecular weight is 304 g/mol. The van der Waals surface area contributed by atoms with Gasteiger partial charge in [-0.1, -0.05) is 0 Å². The van der Waals surface area contributed by atoms with Gasteiger partial charge >= 0.3 is 0 Å². The lowest BCUT2D eigenvalue weighted by atomic mass is 10.3. The van der Waals surface area contributed by atoms with Crippen LogP contribution in [0.2, 0.25) is 0 Å². The second-order valence-corrected chi connectivity index (χ2v) is 5.79. The fraction of sp³-hybridized carbons (Fsp3) is 0.133. The van der Waals surface area contributed by atoms with Gasteiger partial charge in [-0.2, -0.15) is 0 Å². The Kier molecular flexibility index (Phi) is 4.94. The highest BCUT2D eigenvalue weighted by molar-refractivity contribution is 7.85. The molecular formula is C15H16N2O3S. The molecule has 0 heterocycles. The lowest BCUT2D eigenvalue weighted by Crippen LogP contribution is -2.19. The van der Waals surface area contributed by atoms with E-state index in [4.69, 9.17) is 10.5 Å². The summed E-state index contributed by atoms with van der Waals surface area (Å²) in [5.41, 5.74) is 6.80. The number of amides is 1. The predicted molar refractivity (Wildman–Crippen MR) is 83.8 cm³/mol. The highest BCUT2D eigenvalue weighted by Crippen LogP contribution is 2.15. The van der Waals surface area contributed by atoms with Gasteiger partial charge in [0.15, 0.2) is 0 Å². The van der Waals surface area contributed by atoms with E-state index in [1.165, 1.54) is 0 Å². The Balaban J connectivity index is 1.94. The van der Waals surface area contributed by atoms with E-state index in [0.717, 1.165) is 0 Å². The van der Waals surface area contributed by atoms with Crippen LogP contribution in [0.4, 0.5) is 11.4 Å². The van der Waals surface area contributed by atoms with Crippen molar-refractivity contribution >= 4 is 28.1 Å². The normalized spacial score (nSPS) is 11.7. The van der Waals surface area contributed by atoms with Crippen LogP contribution in [-0.4, -0.2) is 23.0 Å². The van der Waals surface area contributed by atoms with Crippen molar-refractivity contribution in [3.63, 3.8) is 0 Å². The number of carbonyl (C=O) groups excluding carboxylic acids is 1. The number of benzene rings is 2. The Bertz CT molecular complexity index is 639. The van der Waals surface area contributed by atoms with E-state index in [1.807, 2.05) is 0 Å².